The van der Waals surface area contributed by atoms with Crippen LogP contribution < -0.4 is 0 Å². The summed E-state index contributed by atoms with van der Waals surface area (Å²) in [6, 6.07) is 7.75. The Labute approximate surface area is 115 Å². The van der Waals surface area contributed by atoms with Crippen LogP contribution in [0.1, 0.15) is 44.1 Å². The van der Waals surface area contributed by atoms with Gasteiger partial charge in [-0.1, -0.05) is 43.4 Å². The van der Waals surface area contributed by atoms with Crippen LogP contribution in [-0.4, -0.2) is 24.8 Å². The summed E-state index contributed by atoms with van der Waals surface area (Å²) in [5.74, 6) is 0. The van der Waals surface area contributed by atoms with Crippen molar-refractivity contribution in [1.82, 2.24) is 4.31 Å². The number of rotatable bonds is 2. The lowest BCUT2D eigenvalue weighted by molar-refractivity contribution is 0.538. The number of benzene rings is 1. The normalized spacial score (nSPS) is 31.1. The smallest absolute Gasteiger partial charge is 0.207 e. The molecule has 1 saturated carbocycles. The van der Waals surface area contributed by atoms with E-state index in [2.05, 4.69) is 0 Å². The van der Waals surface area contributed by atoms with E-state index in [1.165, 1.54) is 25.7 Å². The lowest BCUT2D eigenvalue weighted by Crippen LogP contribution is -2.16. The van der Waals surface area contributed by atoms with Gasteiger partial charge < -0.3 is 0 Å². The first-order valence-corrected chi connectivity index (χ1v) is 8.65. The molecule has 1 aromatic rings. The summed E-state index contributed by atoms with van der Waals surface area (Å²) >= 11 is 0. The van der Waals surface area contributed by atoms with Crippen LogP contribution in [0.25, 0.3) is 0 Å². The maximum atomic E-state index is 12.6. The van der Waals surface area contributed by atoms with E-state index < -0.39 is 10.0 Å². The molecular formula is C15H21NO2S. The van der Waals surface area contributed by atoms with Gasteiger partial charge in [0, 0.05) is 12.1 Å². The van der Waals surface area contributed by atoms with E-state index in [9.17, 15) is 8.42 Å². The number of sulfonamides is 1. The molecule has 1 aliphatic heterocycles. The number of hydrogen-bond acceptors (Lipinski definition) is 2. The summed E-state index contributed by atoms with van der Waals surface area (Å²) < 4.78 is 27.0. The molecule has 0 aromatic heterocycles. The molecule has 1 saturated heterocycles. The molecule has 2 aliphatic rings. The molecule has 0 spiro atoms. The summed E-state index contributed by atoms with van der Waals surface area (Å²) in [5, 5.41) is 0. The van der Waals surface area contributed by atoms with Crippen LogP contribution in [0.3, 0.4) is 0 Å². The van der Waals surface area contributed by atoms with Crippen LogP contribution in [0.15, 0.2) is 29.2 Å². The molecule has 1 unspecified atom stereocenters. The van der Waals surface area contributed by atoms with Crippen LogP contribution in [-0.2, 0) is 10.0 Å². The van der Waals surface area contributed by atoms with Crippen molar-refractivity contribution >= 4 is 10.0 Å². The lowest BCUT2D eigenvalue weighted by atomic mass is 10.0. The highest BCUT2D eigenvalue weighted by Gasteiger charge is 2.54. The van der Waals surface area contributed by atoms with Crippen LogP contribution in [0.4, 0.5) is 0 Å². The van der Waals surface area contributed by atoms with Crippen molar-refractivity contribution in [3.05, 3.63) is 29.8 Å². The molecule has 3 rings (SSSR count). The fraction of sp³-hybridized carbons (Fsp3) is 0.600. The molecule has 3 nitrogen and oxygen atoms in total. The summed E-state index contributed by atoms with van der Waals surface area (Å²) in [4.78, 5) is 0.449. The topological polar surface area (TPSA) is 37.1 Å². The van der Waals surface area contributed by atoms with Gasteiger partial charge in [0.05, 0.1) is 4.90 Å². The zero-order valence-corrected chi connectivity index (χ0v) is 12.2. The van der Waals surface area contributed by atoms with E-state index in [1.54, 1.807) is 16.4 Å². The van der Waals surface area contributed by atoms with Gasteiger partial charge in [-0.2, -0.15) is 4.31 Å². The number of aryl methyl sites for hydroxylation is 1. The first-order chi connectivity index (χ1) is 9.10. The maximum absolute atomic E-state index is 12.6. The van der Waals surface area contributed by atoms with Crippen molar-refractivity contribution in [3.8, 4) is 0 Å². The second-order valence-electron chi connectivity index (χ2n) is 5.77. The molecule has 3 atom stereocenters. The van der Waals surface area contributed by atoms with E-state index in [0.717, 1.165) is 18.4 Å². The van der Waals surface area contributed by atoms with Crippen molar-refractivity contribution in [2.45, 2.75) is 62.4 Å². The van der Waals surface area contributed by atoms with Gasteiger partial charge in [-0.3, -0.25) is 0 Å². The Kier molecular flexibility index (Phi) is 3.39. The Morgan fingerprint density at radius 1 is 0.947 bits per heavy atom. The monoisotopic (exact) mass is 279 g/mol. The first-order valence-electron chi connectivity index (χ1n) is 7.21. The Morgan fingerprint density at radius 3 is 2.00 bits per heavy atom. The zero-order valence-electron chi connectivity index (χ0n) is 11.4. The molecule has 104 valence electrons. The van der Waals surface area contributed by atoms with Gasteiger partial charge in [0.1, 0.15) is 0 Å². The molecule has 2 fully saturated rings. The maximum Gasteiger partial charge on any atom is 0.243 e. The second-order valence-corrected chi connectivity index (χ2v) is 7.62. The molecule has 4 heteroatoms. The molecular weight excluding hydrogens is 258 g/mol. The third kappa shape index (κ3) is 2.43. The summed E-state index contributed by atoms with van der Waals surface area (Å²) in [7, 11) is -3.26. The van der Waals surface area contributed by atoms with Crippen LogP contribution in [0.2, 0.25) is 0 Å². The van der Waals surface area contributed by atoms with Crippen molar-refractivity contribution in [2.24, 2.45) is 0 Å². The molecule has 0 N–H and O–H groups in total. The second kappa shape index (κ2) is 4.91. The predicted octanol–water partition coefficient (Wildman–Crippen LogP) is 3.09. The van der Waals surface area contributed by atoms with Crippen LogP contribution in [0, 0.1) is 6.92 Å². The highest BCUT2D eigenvalue weighted by molar-refractivity contribution is 7.89. The van der Waals surface area contributed by atoms with Crippen LogP contribution >= 0.6 is 0 Å². The third-order valence-electron chi connectivity index (χ3n) is 4.35. The quantitative estimate of drug-likeness (QED) is 0.780. The summed E-state index contributed by atoms with van der Waals surface area (Å²) in [6.45, 7) is 1.97. The highest BCUT2D eigenvalue weighted by atomic mass is 32.2. The van der Waals surface area contributed by atoms with Gasteiger partial charge in [-0.05, 0) is 31.9 Å². The summed E-state index contributed by atoms with van der Waals surface area (Å²) in [6.07, 6.45) is 6.91. The predicted molar refractivity (Wildman–Crippen MR) is 75.5 cm³/mol. The number of hydrogen-bond donors (Lipinski definition) is 0. The van der Waals surface area contributed by atoms with Crippen LogP contribution in [0.5, 0.6) is 0 Å². The molecule has 1 aromatic carbocycles. The molecule has 1 heterocycles. The zero-order chi connectivity index (χ0) is 13.5. The average Bonchev–Trinajstić information content (AvgIpc) is 3.02. The molecule has 1 aliphatic carbocycles. The van der Waals surface area contributed by atoms with Gasteiger partial charge in [-0.15, -0.1) is 0 Å². The van der Waals surface area contributed by atoms with E-state index >= 15 is 0 Å². The Morgan fingerprint density at radius 2 is 1.47 bits per heavy atom. The van der Waals surface area contributed by atoms with Gasteiger partial charge in [0.15, 0.2) is 0 Å². The van der Waals surface area contributed by atoms with Crippen molar-refractivity contribution in [2.75, 3.05) is 0 Å². The lowest BCUT2D eigenvalue weighted by Gasteiger charge is -2.07. The Balaban J connectivity index is 1.83. The van der Waals surface area contributed by atoms with Gasteiger partial charge in [0.2, 0.25) is 10.0 Å². The minimum Gasteiger partial charge on any atom is -0.207 e. The van der Waals surface area contributed by atoms with Gasteiger partial charge in [-0.25, -0.2) is 8.42 Å². The SMILES string of the molecule is Cc1ccc(S(=O)(=O)N2[C@@H]3CCCCCC[C@@H]32)cc1. The minimum atomic E-state index is -3.26. The first kappa shape index (κ1) is 13.1. The van der Waals surface area contributed by atoms with E-state index in [0.29, 0.717) is 4.90 Å². The number of nitrogens with zero attached hydrogens (tertiary/aromatic N) is 1. The third-order valence-corrected chi connectivity index (χ3v) is 6.32. The van der Waals surface area contributed by atoms with Gasteiger partial charge in [0.25, 0.3) is 0 Å². The highest BCUT2D eigenvalue weighted by Crippen LogP contribution is 2.42. The Bertz CT molecular complexity index is 536. The summed E-state index contributed by atoms with van der Waals surface area (Å²) in [5.41, 5.74) is 1.09. The van der Waals surface area contributed by atoms with E-state index in [-0.39, 0.29) is 12.1 Å². The Hall–Kier alpha value is -0.870. The standard InChI is InChI=1S/C15H21NO2S/c1-12-8-10-13(11-9-12)19(17,18)16-14-6-4-2-3-5-7-15(14)16/h8-11,14-15H,2-7H2,1H3/t14-,15+,16?. The number of fused-ring (bicyclic) bond motifs is 1. The molecule has 19 heavy (non-hydrogen) atoms. The molecule has 0 radical (unpaired) electrons. The largest absolute Gasteiger partial charge is 0.243 e. The fourth-order valence-electron chi connectivity index (χ4n) is 3.20. The minimum absolute atomic E-state index is 0.270. The molecule has 0 amide bonds. The molecule has 0 bridgehead atoms. The fourth-order valence-corrected chi connectivity index (χ4v) is 5.07. The van der Waals surface area contributed by atoms with Crippen molar-refractivity contribution < 1.29 is 8.42 Å². The van der Waals surface area contributed by atoms with Crippen molar-refractivity contribution in [3.63, 3.8) is 0 Å². The van der Waals surface area contributed by atoms with Crippen molar-refractivity contribution in [1.29, 1.82) is 0 Å². The van der Waals surface area contributed by atoms with Gasteiger partial charge >= 0.3 is 0 Å². The van der Waals surface area contributed by atoms with E-state index in [4.69, 9.17) is 0 Å². The average molecular weight is 279 g/mol. The van der Waals surface area contributed by atoms with E-state index in [1.807, 2.05) is 19.1 Å².